The third-order valence-corrected chi connectivity index (χ3v) is 12.2. The van der Waals surface area contributed by atoms with E-state index in [1.807, 2.05) is 0 Å². The fourth-order valence-electron chi connectivity index (χ4n) is 8.70. The normalized spacial score (nSPS) is 26.8. The summed E-state index contributed by atoms with van der Waals surface area (Å²) in [4.78, 5) is 20.7. The molecule has 4 aromatic rings. The third-order valence-electron chi connectivity index (χ3n) is 11.0. The van der Waals surface area contributed by atoms with Crippen molar-refractivity contribution >= 4 is 38.6 Å². The Morgan fingerprint density at radius 2 is 1.63 bits per heavy atom. The quantitative estimate of drug-likeness (QED) is 0.224. The van der Waals surface area contributed by atoms with Gasteiger partial charge in [-0.3, -0.25) is 9.69 Å². The van der Waals surface area contributed by atoms with Crippen molar-refractivity contribution in [3.63, 3.8) is 0 Å². The van der Waals surface area contributed by atoms with Crippen LogP contribution in [0.1, 0.15) is 85.6 Å². The standard InChI is InChI=1S/C36H42ClN5O3S/c1-24-39-33-9-5-6-10-34(33)42(24)29-21-27-11-12-28(22-29)41(27)20-19-36(25-7-3-2-4-8-25)17-15-26(16-18-36)40-35(43)31-14-13-30(23-32(31)37)46(38,44)45/h2-10,13-14,23,26-29H,11-12,15-22H2,1H3,(H,40,43)(H2,38,44,45). The van der Waals surface area contributed by atoms with Crippen molar-refractivity contribution in [2.24, 2.45) is 5.14 Å². The molecule has 3 heterocycles. The molecule has 1 amide bonds. The van der Waals surface area contributed by atoms with E-state index < -0.39 is 10.0 Å². The Hall–Kier alpha value is -3.24. The smallest absolute Gasteiger partial charge is 0.253 e. The number of rotatable bonds is 8. The summed E-state index contributed by atoms with van der Waals surface area (Å²) in [5, 5.41) is 8.47. The number of primary sulfonamides is 1. The van der Waals surface area contributed by atoms with Crippen molar-refractivity contribution < 1.29 is 13.2 Å². The van der Waals surface area contributed by atoms with E-state index in [1.165, 1.54) is 55.0 Å². The molecule has 7 rings (SSSR count). The van der Waals surface area contributed by atoms with Crippen LogP contribution < -0.4 is 10.5 Å². The van der Waals surface area contributed by atoms with Gasteiger partial charge in [-0.1, -0.05) is 54.1 Å². The fraction of sp³-hybridized carbons (Fsp3) is 0.444. The number of piperidine rings is 1. The van der Waals surface area contributed by atoms with Crippen LogP contribution in [0.25, 0.3) is 11.0 Å². The molecule has 3 aliphatic rings. The number of nitrogens with two attached hydrogens (primary N) is 1. The molecule has 3 aromatic carbocycles. The highest BCUT2D eigenvalue weighted by Crippen LogP contribution is 2.46. The van der Waals surface area contributed by atoms with Crippen molar-refractivity contribution in [2.75, 3.05) is 6.54 Å². The molecule has 0 radical (unpaired) electrons. The Kier molecular flexibility index (Phi) is 8.46. The molecule has 3 N–H and O–H groups in total. The first-order valence-electron chi connectivity index (χ1n) is 16.5. The van der Waals surface area contributed by atoms with Gasteiger partial charge in [0.1, 0.15) is 5.82 Å². The topological polar surface area (TPSA) is 110 Å². The third kappa shape index (κ3) is 5.99. The van der Waals surface area contributed by atoms with Crippen molar-refractivity contribution in [1.82, 2.24) is 19.8 Å². The average molecular weight is 660 g/mol. The number of halogens is 1. The number of hydrogen-bond acceptors (Lipinski definition) is 5. The van der Waals surface area contributed by atoms with Gasteiger partial charge in [0.2, 0.25) is 10.0 Å². The largest absolute Gasteiger partial charge is 0.349 e. The molecule has 1 aromatic heterocycles. The van der Waals surface area contributed by atoms with Crippen molar-refractivity contribution in [3.05, 3.63) is 94.8 Å². The summed E-state index contributed by atoms with van der Waals surface area (Å²) in [7, 11) is -3.90. The molecule has 2 atom stereocenters. The van der Waals surface area contributed by atoms with Crippen LogP contribution in [0.2, 0.25) is 5.02 Å². The van der Waals surface area contributed by atoms with Crippen LogP contribution in [0.5, 0.6) is 0 Å². The van der Waals surface area contributed by atoms with Crippen LogP contribution in [0.3, 0.4) is 0 Å². The zero-order valence-corrected chi connectivity index (χ0v) is 27.8. The maximum absolute atomic E-state index is 13.2. The van der Waals surface area contributed by atoms with Gasteiger partial charge in [-0.05, 0) is 113 Å². The van der Waals surface area contributed by atoms with Crippen LogP contribution >= 0.6 is 11.6 Å². The number of fused-ring (bicyclic) bond motifs is 3. The molecule has 46 heavy (non-hydrogen) atoms. The summed E-state index contributed by atoms with van der Waals surface area (Å²) >= 11 is 6.30. The number of aromatic nitrogens is 2. The number of amides is 1. The summed E-state index contributed by atoms with van der Waals surface area (Å²) in [5.41, 5.74) is 4.06. The van der Waals surface area contributed by atoms with Crippen LogP contribution in [0.4, 0.5) is 0 Å². The Morgan fingerprint density at radius 3 is 2.30 bits per heavy atom. The monoisotopic (exact) mass is 659 g/mol. The molecular formula is C36H42ClN5O3S. The zero-order valence-electron chi connectivity index (χ0n) is 26.2. The fourth-order valence-corrected chi connectivity index (χ4v) is 9.57. The Balaban J connectivity index is 1.02. The number of para-hydroxylation sites is 2. The van der Waals surface area contributed by atoms with Crippen LogP contribution in [-0.4, -0.2) is 53.4 Å². The highest BCUT2D eigenvalue weighted by Gasteiger charge is 2.44. The Labute approximate surface area is 276 Å². The minimum absolute atomic E-state index is 0.0264. The van der Waals surface area contributed by atoms with Crippen LogP contribution in [0, 0.1) is 6.92 Å². The minimum Gasteiger partial charge on any atom is -0.349 e. The highest BCUT2D eigenvalue weighted by atomic mass is 35.5. The molecule has 1 saturated carbocycles. The summed E-state index contributed by atoms with van der Waals surface area (Å²) in [6, 6.07) is 25.2. The van der Waals surface area contributed by atoms with E-state index in [0.29, 0.717) is 18.1 Å². The Bertz CT molecular complexity index is 1840. The maximum atomic E-state index is 13.2. The van der Waals surface area contributed by atoms with Crippen molar-refractivity contribution in [2.45, 2.75) is 99.2 Å². The lowest BCUT2D eigenvalue weighted by atomic mass is 9.66. The summed E-state index contributed by atoms with van der Waals surface area (Å²) < 4.78 is 25.9. The molecule has 0 spiro atoms. The van der Waals surface area contributed by atoms with E-state index in [-0.39, 0.29) is 32.8 Å². The molecule has 3 fully saturated rings. The summed E-state index contributed by atoms with van der Waals surface area (Å²) in [6.07, 6.45) is 9.70. The molecule has 2 bridgehead atoms. The lowest BCUT2D eigenvalue weighted by molar-refractivity contribution is 0.0851. The number of carbonyl (C=O) groups excluding carboxylic acids is 1. The number of nitrogens with zero attached hydrogens (tertiary/aromatic N) is 3. The number of nitrogens with one attached hydrogen (secondary N) is 1. The molecule has 1 aliphatic carbocycles. The van der Waals surface area contributed by atoms with E-state index in [9.17, 15) is 13.2 Å². The molecule has 8 nitrogen and oxygen atoms in total. The zero-order chi connectivity index (χ0) is 32.1. The minimum atomic E-state index is -3.90. The van der Waals surface area contributed by atoms with Crippen LogP contribution in [0.15, 0.2) is 77.7 Å². The van der Waals surface area contributed by atoms with Gasteiger partial charge < -0.3 is 9.88 Å². The lowest BCUT2D eigenvalue weighted by Crippen LogP contribution is -2.47. The second-order valence-electron chi connectivity index (χ2n) is 13.6. The van der Waals surface area contributed by atoms with Gasteiger partial charge in [0, 0.05) is 24.2 Å². The number of hydrogen-bond donors (Lipinski definition) is 2. The maximum Gasteiger partial charge on any atom is 0.253 e. The van der Waals surface area contributed by atoms with Crippen molar-refractivity contribution in [1.29, 1.82) is 0 Å². The molecule has 2 aliphatic heterocycles. The van der Waals surface area contributed by atoms with Gasteiger partial charge in [-0.2, -0.15) is 0 Å². The number of aryl methyl sites for hydroxylation is 1. The molecule has 10 heteroatoms. The number of imidazole rings is 1. The van der Waals surface area contributed by atoms with E-state index in [2.05, 4.69) is 76.3 Å². The van der Waals surface area contributed by atoms with E-state index in [4.69, 9.17) is 21.7 Å². The molecule has 2 unspecified atom stereocenters. The van der Waals surface area contributed by atoms with Gasteiger partial charge in [0.25, 0.3) is 5.91 Å². The molecular weight excluding hydrogens is 618 g/mol. The lowest BCUT2D eigenvalue weighted by Gasteiger charge is -2.45. The molecule has 242 valence electrons. The number of benzene rings is 3. The van der Waals surface area contributed by atoms with Crippen LogP contribution in [-0.2, 0) is 15.4 Å². The van der Waals surface area contributed by atoms with Gasteiger partial charge in [-0.25, -0.2) is 18.5 Å². The number of sulfonamides is 1. The van der Waals surface area contributed by atoms with E-state index >= 15 is 0 Å². The molecule has 2 saturated heterocycles. The van der Waals surface area contributed by atoms with E-state index in [1.54, 1.807) is 0 Å². The second kappa shape index (κ2) is 12.4. The van der Waals surface area contributed by atoms with Gasteiger partial charge in [-0.15, -0.1) is 0 Å². The second-order valence-corrected chi connectivity index (χ2v) is 15.6. The first-order valence-corrected chi connectivity index (χ1v) is 18.4. The SMILES string of the molecule is Cc1nc2ccccc2n1C1CC2CCC(C1)N2CCC1(c2ccccc2)CCC(NC(=O)c2ccc(S(N)(=O)=O)cc2Cl)CC1. The first kappa shape index (κ1) is 31.4. The van der Waals surface area contributed by atoms with Gasteiger partial charge in [0.15, 0.2) is 0 Å². The van der Waals surface area contributed by atoms with Gasteiger partial charge >= 0.3 is 0 Å². The van der Waals surface area contributed by atoms with E-state index in [0.717, 1.165) is 50.0 Å². The summed E-state index contributed by atoms with van der Waals surface area (Å²) in [5.74, 6) is 0.831. The Morgan fingerprint density at radius 1 is 0.957 bits per heavy atom. The van der Waals surface area contributed by atoms with Gasteiger partial charge in [0.05, 0.1) is 26.5 Å². The highest BCUT2D eigenvalue weighted by molar-refractivity contribution is 7.89. The summed E-state index contributed by atoms with van der Waals surface area (Å²) in [6.45, 7) is 3.24. The predicted molar refractivity (Wildman–Crippen MR) is 182 cm³/mol. The number of carbonyl (C=O) groups is 1. The first-order chi connectivity index (χ1) is 22.1. The average Bonchev–Trinajstić information content (AvgIpc) is 3.50. The predicted octanol–water partition coefficient (Wildman–Crippen LogP) is 6.51. The van der Waals surface area contributed by atoms with Crippen molar-refractivity contribution in [3.8, 4) is 0 Å².